The van der Waals surface area contributed by atoms with Crippen molar-refractivity contribution >= 4 is 29.1 Å². The van der Waals surface area contributed by atoms with Gasteiger partial charge in [-0.2, -0.15) is 0 Å². The van der Waals surface area contributed by atoms with Gasteiger partial charge >= 0.3 is 0 Å². The van der Waals surface area contributed by atoms with Crippen molar-refractivity contribution < 1.29 is 14.3 Å². The zero-order chi connectivity index (χ0) is 18.5. The molecule has 1 aromatic carbocycles. The van der Waals surface area contributed by atoms with Crippen LogP contribution in [0.4, 0.5) is 5.69 Å². The molecule has 0 bridgehead atoms. The van der Waals surface area contributed by atoms with Gasteiger partial charge in [-0.25, -0.2) is 0 Å². The van der Waals surface area contributed by atoms with Crippen molar-refractivity contribution in [2.24, 2.45) is 0 Å². The number of rotatable bonds is 5. The lowest BCUT2D eigenvalue weighted by atomic mass is 10.0. The number of carbonyl (C=O) groups is 2. The van der Waals surface area contributed by atoms with Crippen molar-refractivity contribution in [3.8, 4) is 5.75 Å². The number of ether oxygens (including phenoxy) is 1. The Morgan fingerprint density at radius 2 is 1.92 bits per heavy atom. The Bertz CT molecular complexity index is 661. The number of likely N-dealkylation sites (tertiary alicyclic amines) is 2. The second-order valence-corrected chi connectivity index (χ2v) is 7.34. The number of halogens is 1. The summed E-state index contributed by atoms with van der Waals surface area (Å²) in [4.78, 5) is 29.3. The Balaban J connectivity index is 1.65. The zero-order valence-electron chi connectivity index (χ0n) is 15.2. The van der Waals surface area contributed by atoms with Gasteiger partial charge in [-0.05, 0) is 50.4 Å². The molecule has 7 heteroatoms. The van der Waals surface area contributed by atoms with Gasteiger partial charge in [0.2, 0.25) is 11.8 Å². The Hall–Kier alpha value is -1.79. The monoisotopic (exact) mass is 379 g/mol. The lowest BCUT2D eigenvalue weighted by molar-refractivity contribution is -0.137. The van der Waals surface area contributed by atoms with Crippen LogP contribution in [0.2, 0.25) is 5.02 Å². The van der Waals surface area contributed by atoms with Crippen molar-refractivity contribution in [2.75, 3.05) is 38.6 Å². The number of benzene rings is 1. The van der Waals surface area contributed by atoms with Gasteiger partial charge in [0, 0.05) is 18.1 Å². The summed E-state index contributed by atoms with van der Waals surface area (Å²) in [6, 6.07) is 4.92. The maximum Gasteiger partial charge on any atom is 0.239 e. The molecule has 0 aliphatic carbocycles. The Morgan fingerprint density at radius 3 is 2.65 bits per heavy atom. The molecule has 2 fully saturated rings. The minimum Gasteiger partial charge on any atom is -0.495 e. The van der Waals surface area contributed by atoms with E-state index in [1.807, 2.05) is 9.80 Å². The van der Waals surface area contributed by atoms with Crippen LogP contribution in [0.3, 0.4) is 0 Å². The highest BCUT2D eigenvalue weighted by Crippen LogP contribution is 2.28. The van der Waals surface area contributed by atoms with Crippen molar-refractivity contribution in [1.29, 1.82) is 0 Å². The van der Waals surface area contributed by atoms with Gasteiger partial charge in [0.05, 0.1) is 25.4 Å². The first-order chi connectivity index (χ1) is 12.6. The first kappa shape index (κ1) is 19.0. The highest BCUT2D eigenvalue weighted by atomic mass is 35.5. The number of methoxy groups -OCH3 is 1. The smallest absolute Gasteiger partial charge is 0.239 e. The number of hydrogen-bond donors (Lipinski definition) is 1. The molecule has 0 aromatic heterocycles. The van der Waals surface area contributed by atoms with Crippen LogP contribution >= 0.6 is 11.6 Å². The van der Waals surface area contributed by atoms with E-state index in [1.54, 1.807) is 25.3 Å². The zero-order valence-corrected chi connectivity index (χ0v) is 15.9. The van der Waals surface area contributed by atoms with Crippen molar-refractivity contribution in [3.05, 3.63) is 23.2 Å². The van der Waals surface area contributed by atoms with E-state index in [9.17, 15) is 9.59 Å². The van der Waals surface area contributed by atoms with Crippen LogP contribution in [0.25, 0.3) is 0 Å². The molecule has 0 spiro atoms. The molecule has 142 valence electrons. The van der Waals surface area contributed by atoms with E-state index in [4.69, 9.17) is 16.3 Å². The number of anilines is 1. The van der Waals surface area contributed by atoms with Crippen LogP contribution in [0, 0.1) is 0 Å². The normalized spacial score (nSPS) is 20.8. The average Bonchev–Trinajstić information content (AvgIpc) is 3.16. The number of carbonyl (C=O) groups excluding carboxylic acids is 2. The first-order valence-corrected chi connectivity index (χ1v) is 9.62. The fourth-order valence-electron chi connectivity index (χ4n) is 3.76. The number of nitrogens with one attached hydrogen (secondary N) is 1. The molecule has 1 unspecified atom stereocenters. The van der Waals surface area contributed by atoms with Gasteiger partial charge in [-0.3, -0.25) is 14.5 Å². The molecule has 6 nitrogen and oxygen atoms in total. The largest absolute Gasteiger partial charge is 0.495 e. The maximum atomic E-state index is 12.8. The standard InChI is InChI=1S/C19H26ClN3O3/c1-26-17-8-7-14(20)12-15(17)21-18(24)13-23-11-3-2-6-16(23)19(25)22-9-4-5-10-22/h7-8,12,16H,2-6,9-11,13H2,1H3,(H,21,24). The van der Waals surface area contributed by atoms with Gasteiger partial charge in [0.25, 0.3) is 0 Å². The predicted octanol–water partition coefficient (Wildman–Crippen LogP) is 2.76. The van der Waals surface area contributed by atoms with Gasteiger partial charge in [-0.15, -0.1) is 0 Å². The Kier molecular flexibility index (Phi) is 6.38. The van der Waals surface area contributed by atoms with E-state index < -0.39 is 0 Å². The molecule has 2 saturated heterocycles. The van der Waals surface area contributed by atoms with Crippen molar-refractivity contribution in [3.63, 3.8) is 0 Å². The minimum atomic E-state index is -0.186. The van der Waals surface area contributed by atoms with E-state index in [0.717, 1.165) is 51.7 Å². The summed E-state index contributed by atoms with van der Waals surface area (Å²) in [5.41, 5.74) is 0.546. The summed E-state index contributed by atoms with van der Waals surface area (Å²) in [6.45, 7) is 2.65. The summed E-state index contributed by atoms with van der Waals surface area (Å²) in [6.07, 6.45) is 5.02. The number of nitrogens with zero attached hydrogens (tertiary/aromatic N) is 2. The fraction of sp³-hybridized carbons (Fsp3) is 0.579. The van der Waals surface area contributed by atoms with Crippen LogP contribution in [-0.4, -0.2) is 60.9 Å². The summed E-state index contributed by atoms with van der Waals surface area (Å²) in [5.74, 6) is 0.577. The molecule has 1 N–H and O–H groups in total. The molecule has 2 amide bonds. The van der Waals surface area contributed by atoms with E-state index in [2.05, 4.69) is 5.32 Å². The topological polar surface area (TPSA) is 61.9 Å². The predicted molar refractivity (Wildman–Crippen MR) is 102 cm³/mol. The number of amides is 2. The molecule has 2 aliphatic rings. The van der Waals surface area contributed by atoms with Crippen molar-refractivity contribution in [1.82, 2.24) is 9.80 Å². The third-order valence-corrected chi connectivity index (χ3v) is 5.33. The van der Waals surface area contributed by atoms with Crippen LogP contribution in [-0.2, 0) is 9.59 Å². The summed E-state index contributed by atoms with van der Waals surface area (Å²) in [7, 11) is 1.55. The number of hydrogen-bond acceptors (Lipinski definition) is 4. The van der Waals surface area contributed by atoms with Crippen molar-refractivity contribution in [2.45, 2.75) is 38.1 Å². The average molecular weight is 380 g/mol. The maximum absolute atomic E-state index is 12.8. The highest BCUT2D eigenvalue weighted by molar-refractivity contribution is 6.31. The molecule has 2 aliphatic heterocycles. The second-order valence-electron chi connectivity index (χ2n) is 6.91. The van der Waals surface area contributed by atoms with E-state index >= 15 is 0 Å². The SMILES string of the molecule is COc1ccc(Cl)cc1NC(=O)CN1CCCCC1C(=O)N1CCCC1. The van der Waals surface area contributed by atoms with Crippen LogP contribution < -0.4 is 10.1 Å². The minimum absolute atomic E-state index is 0.160. The van der Waals surface area contributed by atoms with Crippen LogP contribution in [0.5, 0.6) is 5.75 Å². The molecule has 0 saturated carbocycles. The molecule has 1 aromatic rings. The lowest BCUT2D eigenvalue weighted by Gasteiger charge is -2.36. The third kappa shape index (κ3) is 4.48. The van der Waals surface area contributed by atoms with Gasteiger partial charge in [0.15, 0.2) is 0 Å². The fourth-order valence-corrected chi connectivity index (χ4v) is 3.93. The lowest BCUT2D eigenvalue weighted by Crippen LogP contribution is -2.52. The Morgan fingerprint density at radius 1 is 1.19 bits per heavy atom. The van der Waals surface area contributed by atoms with E-state index in [-0.39, 0.29) is 24.4 Å². The molecule has 26 heavy (non-hydrogen) atoms. The molecule has 3 rings (SSSR count). The number of piperidine rings is 1. The van der Waals surface area contributed by atoms with Gasteiger partial charge in [-0.1, -0.05) is 18.0 Å². The molecular formula is C19H26ClN3O3. The molecule has 1 atom stereocenters. The molecule has 0 radical (unpaired) electrons. The Labute approximate surface area is 159 Å². The molecular weight excluding hydrogens is 354 g/mol. The van der Waals surface area contributed by atoms with E-state index in [0.29, 0.717) is 16.5 Å². The van der Waals surface area contributed by atoms with Crippen LogP contribution in [0.15, 0.2) is 18.2 Å². The summed E-state index contributed by atoms with van der Waals surface area (Å²) >= 11 is 6.02. The van der Waals surface area contributed by atoms with E-state index in [1.165, 1.54) is 0 Å². The van der Waals surface area contributed by atoms with Gasteiger partial charge < -0.3 is 15.0 Å². The highest BCUT2D eigenvalue weighted by Gasteiger charge is 2.33. The quantitative estimate of drug-likeness (QED) is 0.854. The summed E-state index contributed by atoms with van der Waals surface area (Å²) in [5, 5.41) is 3.39. The first-order valence-electron chi connectivity index (χ1n) is 9.24. The van der Waals surface area contributed by atoms with Gasteiger partial charge in [0.1, 0.15) is 5.75 Å². The molecule has 2 heterocycles. The third-order valence-electron chi connectivity index (χ3n) is 5.10. The summed E-state index contributed by atoms with van der Waals surface area (Å²) < 4.78 is 5.27. The second kappa shape index (κ2) is 8.73. The van der Waals surface area contributed by atoms with Crippen LogP contribution in [0.1, 0.15) is 32.1 Å².